The average Bonchev–Trinajstić information content (AvgIpc) is 2.27. The summed E-state index contributed by atoms with van der Waals surface area (Å²) in [6.45, 7) is 1.62. The number of piperazine rings is 1. The van der Waals surface area contributed by atoms with Crippen molar-refractivity contribution in [3.8, 4) is 0 Å². The van der Waals surface area contributed by atoms with Gasteiger partial charge in [-0.25, -0.2) is 4.39 Å². The minimum absolute atomic E-state index is 0.0381. The Morgan fingerprint density at radius 3 is 2.76 bits per heavy atom. The van der Waals surface area contributed by atoms with Crippen LogP contribution in [0.2, 0.25) is 0 Å². The minimum atomic E-state index is -0.397. The Balaban J connectivity index is 2.29. The molecule has 1 aliphatic rings. The van der Waals surface area contributed by atoms with E-state index in [1.54, 1.807) is 18.0 Å². The van der Waals surface area contributed by atoms with E-state index in [1.807, 2.05) is 4.90 Å². The third-order valence-corrected chi connectivity index (χ3v) is 3.48. The molecule has 0 aliphatic carbocycles. The third-order valence-electron chi connectivity index (χ3n) is 2.87. The molecule has 0 aromatic heterocycles. The van der Waals surface area contributed by atoms with Crippen LogP contribution in [0.5, 0.6) is 0 Å². The molecule has 1 saturated heterocycles. The van der Waals surface area contributed by atoms with Crippen LogP contribution in [0.25, 0.3) is 0 Å². The molecule has 1 heterocycles. The molecule has 6 heteroatoms. The van der Waals surface area contributed by atoms with Crippen LogP contribution in [0.15, 0.2) is 16.6 Å². The summed E-state index contributed by atoms with van der Waals surface area (Å²) < 4.78 is 13.6. The topological polar surface area (TPSA) is 49.6 Å². The highest BCUT2D eigenvalue weighted by molar-refractivity contribution is 9.10. The van der Waals surface area contributed by atoms with E-state index in [1.165, 1.54) is 6.07 Å². The summed E-state index contributed by atoms with van der Waals surface area (Å²) in [6, 6.07) is 2.88. The number of carbonyl (C=O) groups is 1. The summed E-state index contributed by atoms with van der Waals surface area (Å²) >= 11 is 3.12. The summed E-state index contributed by atoms with van der Waals surface area (Å²) in [4.78, 5) is 15.1. The van der Waals surface area contributed by atoms with Gasteiger partial charge in [0.15, 0.2) is 0 Å². The predicted molar refractivity (Wildman–Crippen MR) is 68.4 cm³/mol. The highest BCUT2D eigenvalue weighted by Crippen LogP contribution is 2.30. The second-order valence-corrected chi connectivity index (χ2v) is 4.92. The van der Waals surface area contributed by atoms with Crippen LogP contribution in [0.3, 0.4) is 0 Å². The fourth-order valence-corrected chi connectivity index (χ4v) is 2.12. The van der Waals surface area contributed by atoms with Gasteiger partial charge in [0.25, 0.3) is 0 Å². The zero-order chi connectivity index (χ0) is 12.6. The number of hydrogen-bond acceptors (Lipinski definition) is 3. The van der Waals surface area contributed by atoms with Crippen molar-refractivity contribution in [2.24, 2.45) is 0 Å². The standard InChI is InChI=1S/C11H13BrFN3O/c1-15-2-3-16(6-11(15)17)10-4-7(12)8(13)5-9(10)14/h4-5H,2-3,6,14H2,1H3. The molecule has 2 N–H and O–H groups in total. The van der Waals surface area contributed by atoms with Gasteiger partial charge in [-0.05, 0) is 22.0 Å². The first kappa shape index (κ1) is 12.2. The summed E-state index contributed by atoms with van der Waals surface area (Å²) in [5.41, 5.74) is 6.82. The summed E-state index contributed by atoms with van der Waals surface area (Å²) in [5, 5.41) is 0. The monoisotopic (exact) mass is 301 g/mol. The molecule has 92 valence electrons. The SMILES string of the molecule is CN1CCN(c2cc(Br)c(F)cc2N)CC1=O. The predicted octanol–water partition coefficient (Wildman–Crippen LogP) is 1.45. The van der Waals surface area contributed by atoms with Crippen LogP contribution < -0.4 is 10.6 Å². The number of likely N-dealkylation sites (N-methyl/N-ethyl adjacent to an activating group) is 1. The second-order valence-electron chi connectivity index (χ2n) is 4.06. The summed E-state index contributed by atoms with van der Waals surface area (Å²) in [7, 11) is 1.77. The maximum atomic E-state index is 13.2. The second kappa shape index (κ2) is 4.52. The van der Waals surface area contributed by atoms with Gasteiger partial charge in [-0.1, -0.05) is 0 Å². The zero-order valence-electron chi connectivity index (χ0n) is 9.41. The van der Waals surface area contributed by atoms with Crippen molar-refractivity contribution < 1.29 is 9.18 Å². The number of benzene rings is 1. The highest BCUT2D eigenvalue weighted by Gasteiger charge is 2.23. The van der Waals surface area contributed by atoms with Crippen molar-refractivity contribution in [2.75, 3.05) is 37.3 Å². The summed E-state index contributed by atoms with van der Waals surface area (Å²) in [6.07, 6.45) is 0. The molecular formula is C11H13BrFN3O. The van der Waals surface area contributed by atoms with Crippen LogP contribution in [0.4, 0.5) is 15.8 Å². The van der Waals surface area contributed by atoms with E-state index < -0.39 is 5.82 Å². The number of nitrogens with zero attached hydrogens (tertiary/aromatic N) is 2. The first-order valence-corrected chi connectivity index (χ1v) is 6.02. The lowest BCUT2D eigenvalue weighted by molar-refractivity contribution is -0.129. The highest BCUT2D eigenvalue weighted by atomic mass is 79.9. The molecule has 1 aliphatic heterocycles. The molecule has 1 aromatic rings. The van der Waals surface area contributed by atoms with Crippen LogP contribution in [0.1, 0.15) is 0 Å². The number of anilines is 2. The van der Waals surface area contributed by atoms with Crippen LogP contribution in [0, 0.1) is 5.82 Å². The van der Waals surface area contributed by atoms with E-state index in [0.717, 1.165) is 0 Å². The van der Waals surface area contributed by atoms with Gasteiger partial charge >= 0.3 is 0 Å². The Morgan fingerprint density at radius 1 is 1.41 bits per heavy atom. The Bertz CT molecular complexity index is 466. The molecule has 1 fully saturated rings. The van der Waals surface area contributed by atoms with Crippen molar-refractivity contribution in [1.82, 2.24) is 4.90 Å². The van der Waals surface area contributed by atoms with Gasteiger partial charge < -0.3 is 15.5 Å². The van der Waals surface area contributed by atoms with Gasteiger partial charge in [0.1, 0.15) is 5.82 Å². The Labute approximate surface area is 107 Å². The lowest BCUT2D eigenvalue weighted by Crippen LogP contribution is -2.48. The number of halogens is 2. The van der Waals surface area contributed by atoms with Gasteiger partial charge in [-0.15, -0.1) is 0 Å². The fraction of sp³-hybridized carbons (Fsp3) is 0.364. The summed E-state index contributed by atoms with van der Waals surface area (Å²) in [5.74, 6) is -0.359. The molecule has 0 atom stereocenters. The van der Waals surface area contributed by atoms with Crippen molar-refractivity contribution in [3.05, 3.63) is 22.4 Å². The fourth-order valence-electron chi connectivity index (χ4n) is 1.79. The van der Waals surface area contributed by atoms with Crippen LogP contribution in [-0.4, -0.2) is 37.5 Å². The maximum Gasteiger partial charge on any atom is 0.241 e. The van der Waals surface area contributed by atoms with Gasteiger partial charge in [0, 0.05) is 26.2 Å². The molecule has 1 aromatic carbocycles. The molecule has 0 saturated carbocycles. The molecule has 1 amide bonds. The van der Waals surface area contributed by atoms with Gasteiger partial charge in [0.2, 0.25) is 5.91 Å². The normalized spacial score (nSPS) is 16.5. The zero-order valence-corrected chi connectivity index (χ0v) is 11.0. The number of nitrogens with two attached hydrogens (primary N) is 1. The van der Waals surface area contributed by atoms with Crippen LogP contribution in [-0.2, 0) is 4.79 Å². The molecule has 0 radical (unpaired) electrons. The van der Waals surface area contributed by atoms with Crippen LogP contribution >= 0.6 is 15.9 Å². The first-order chi connectivity index (χ1) is 7.99. The number of rotatable bonds is 1. The number of nitrogen functional groups attached to an aromatic ring is 1. The lowest BCUT2D eigenvalue weighted by atomic mass is 10.2. The van der Waals surface area contributed by atoms with E-state index in [0.29, 0.717) is 28.9 Å². The van der Waals surface area contributed by atoms with Crippen molar-refractivity contribution in [3.63, 3.8) is 0 Å². The quantitative estimate of drug-likeness (QED) is 0.799. The largest absolute Gasteiger partial charge is 0.397 e. The first-order valence-electron chi connectivity index (χ1n) is 5.22. The average molecular weight is 302 g/mol. The molecule has 4 nitrogen and oxygen atoms in total. The Kier molecular flexibility index (Phi) is 3.24. The van der Waals surface area contributed by atoms with E-state index in [-0.39, 0.29) is 12.5 Å². The number of carbonyl (C=O) groups excluding carboxylic acids is 1. The minimum Gasteiger partial charge on any atom is -0.397 e. The molecule has 17 heavy (non-hydrogen) atoms. The van der Waals surface area contributed by atoms with E-state index in [2.05, 4.69) is 15.9 Å². The smallest absolute Gasteiger partial charge is 0.241 e. The van der Waals surface area contributed by atoms with Crippen molar-refractivity contribution in [2.45, 2.75) is 0 Å². The van der Waals surface area contributed by atoms with Crippen molar-refractivity contribution in [1.29, 1.82) is 0 Å². The number of amides is 1. The van der Waals surface area contributed by atoms with Crippen molar-refractivity contribution >= 4 is 33.2 Å². The molecule has 0 unspecified atom stereocenters. The molecule has 0 spiro atoms. The van der Waals surface area contributed by atoms with E-state index in [9.17, 15) is 9.18 Å². The molecule has 0 bridgehead atoms. The Hall–Kier alpha value is -1.30. The van der Waals surface area contributed by atoms with Gasteiger partial charge in [-0.2, -0.15) is 0 Å². The lowest BCUT2D eigenvalue weighted by Gasteiger charge is -2.34. The maximum absolute atomic E-state index is 13.2. The Morgan fingerprint density at radius 2 is 2.12 bits per heavy atom. The molecule has 2 rings (SSSR count). The molecular weight excluding hydrogens is 289 g/mol. The third kappa shape index (κ3) is 2.36. The van der Waals surface area contributed by atoms with E-state index in [4.69, 9.17) is 5.73 Å². The van der Waals surface area contributed by atoms with Gasteiger partial charge in [0.05, 0.1) is 22.4 Å². The van der Waals surface area contributed by atoms with E-state index >= 15 is 0 Å². The number of hydrogen-bond donors (Lipinski definition) is 1. The van der Waals surface area contributed by atoms with Gasteiger partial charge in [-0.3, -0.25) is 4.79 Å².